The van der Waals surface area contributed by atoms with Crippen LogP contribution in [0.5, 0.6) is 0 Å². The first-order chi connectivity index (χ1) is 13.3. The summed E-state index contributed by atoms with van der Waals surface area (Å²) in [4.78, 5) is 19.8. The molecule has 3 heterocycles. The summed E-state index contributed by atoms with van der Waals surface area (Å²) in [6, 6.07) is 14.2. The second-order valence-electron chi connectivity index (χ2n) is 7.57. The summed E-state index contributed by atoms with van der Waals surface area (Å²) in [7, 11) is 0. The van der Waals surface area contributed by atoms with Crippen LogP contribution in [0, 0.1) is 5.41 Å². The molecule has 4 nitrogen and oxygen atoms in total. The van der Waals surface area contributed by atoms with Crippen molar-refractivity contribution < 1.29 is 9.53 Å². The molecule has 2 aliphatic rings. The molecular weight excluding hydrogens is 356 g/mol. The first-order valence-electron chi connectivity index (χ1n) is 9.75. The monoisotopic (exact) mass is 382 g/mol. The van der Waals surface area contributed by atoms with Gasteiger partial charge in [-0.25, -0.2) is 4.98 Å². The quantitative estimate of drug-likeness (QED) is 0.732. The highest BCUT2D eigenvalue weighted by Gasteiger charge is 2.40. The number of amides is 1. The van der Waals surface area contributed by atoms with Crippen molar-refractivity contribution in [3.05, 3.63) is 59.8 Å². The summed E-state index contributed by atoms with van der Waals surface area (Å²) in [6.45, 7) is 3.27. The molecule has 2 saturated heterocycles. The number of hydrogen-bond acceptors (Lipinski definition) is 4. The fraction of sp³-hybridized carbons (Fsp3) is 0.455. The molecule has 1 spiro atoms. The lowest BCUT2D eigenvalue weighted by Crippen LogP contribution is -2.46. The largest absolute Gasteiger partial charge is 0.381 e. The van der Waals surface area contributed by atoms with Crippen molar-refractivity contribution in [2.45, 2.75) is 30.7 Å². The van der Waals surface area contributed by atoms with Gasteiger partial charge in [0.2, 0.25) is 0 Å². The predicted molar refractivity (Wildman–Crippen MR) is 108 cm³/mol. The van der Waals surface area contributed by atoms with Gasteiger partial charge in [0.15, 0.2) is 0 Å². The van der Waals surface area contributed by atoms with Crippen LogP contribution in [0.25, 0.3) is 0 Å². The first kappa shape index (κ1) is 18.5. The number of aromatic nitrogens is 1. The zero-order chi connectivity index (χ0) is 18.5. The molecular formula is C22H26N2O2S. The van der Waals surface area contributed by atoms with Crippen molar-refractivity contribution in [3.8, 4) is 0 Å². The molecule has 0 bridgehead atoms. The van der Waals surface area contributed by atoms with Crippen LogP contribution in [0.1, 0.15) is 35.2 Å². The third-order valence-electron chi connectivity index (χ3n) is 5.61. The second-order valence-corrected chi connectivity index (χ2v) is 8.66. The van der Waals surface area contributed by atoms with Crippen LogP contribution in [-0.4, -0.2) is 47.8 Å². The molecule has 1 amide bonds. The molecule has 0 radical (unpaired) electrons. The van der Waals surface area contributed by atoms with E-state index in [0.29, 0.717) is 0 Å². The molecule has 142 valence electrons. The molecule has 2 fully saturated rings. The number of nitrogens with zero attached hydrogens (tertiary/aromatic N) is 2. The highest BCUT2D eigenvalue weighted by Crippen LogP contribution is 2.38. The third kappa shape index (κ3) is 4.36. The molecule has 1 aromatic carbocycles. The summed E-state index contributed by atoms with van der Waals surface area (Å²) in [5.41, 5.74) is 2.23. The summed E-state index contributed by atoms with van der Waals surface area (Å²) in [5.74, 6) is 1.04. The van der Waals surface area contributed by atoms with E-state index in [1.54, 1.807) is 18.0 Å². The van der Waals surface area contributed by atoms with Gasteiger partial charge in [0.25, 0.3) is 5.91 Å². The predicted octanol–water partition coefficient (Wildman–Crippen LogP) is 4.06. The van der Waals surface area contributed by atoms with Gasteiger partial charge in [0, 0.05) is 37.1 Å². The average Bonchev–Trinajstić information content (AvgIpc) is 3.16. The van der Waals surface area contributed by atoms with Gasteiger partial charge >= 0.3 is 0 Å². The number of rotatable bonds is 5. The molecule has 1 atom stereocenters. The number of carbonyl (C=O) groups excluding carboxylic acids is 1. The maximum atomic E-state index is 13.2. The molecule has 0 aliphatic carbocycles. The van der Waals surface area contributed by atoms with Gasteiger partial charge in [0.05, 0.1) is 12.2 Å². The van der Waals surface area contributed by atoms with E-state index in [4.69, 9.17) is 4.74 Å². The average molecular weight is 383 g/mol. The lowest BCUT2D eigenvalue weighted by molar-refractivity contribution is 0.0459. The normalized spacial score (nSPS) is 22.3. The first-order valence-corrected chi connectivity index (χ1v) is 10.7. The Balaban J connectivity index is 1.43. The maximum Gasteiger partial charge on any atom is 0.256 e. The van der Waals surface area contributed by atoms with Gasteiger partial charge in [-0.05, 0) is 43.4 Å². The van der Waals surface area contributed by atoms with Gasteiger partial charge in [-0.15, -0.1) is 11.8 Å². The Bertz CT molecular complexity index is 775. The third-order valence-corrected chi connectivity index (χ3v) is 6.61. The van der Waals surface area contributed by atoms with Crippen molar-refractivity contribution in [2.24, 2.45) is 5.41 Å². The minimum atomic E-state index is 0.122. The number of likely N-dealkylation sites (tertiary alicyclic amines) is 1. The molecule has 1 aromatic heterocycles. The van der Waals surface area contributed by atoms with E-state index in [1.807, 2.05) is 23.1 Å². The standard InChI is InChI=1S/C22H26N2O2S/c25-21(24-13-5-10-22(16-24)11-14-26-17-22)19-8-4-12-23-20(19)27-15-9-18-6-2-1-3-7-18/h1-4,6-8,12H,5,9-11,13-17H2/t22-/m0/s1. The number of pyridine rings is 1. The van der Waals surface area contributed by atoms with E-state index in [0.717, 1.165) is 61.9 Å². The Morgan fingerprint density at radius 3 is 2.89 bits per heavy atom. The molecule has 0 unspecified atom stereocenters. The van der Waals surface area contributed by atoms with E-state index < -0.39 is 0 Å². The molecule has 4 rings (SSSR count). The zero-order valence-corrected chi connectivity index (χ0v) is 16.4. The lowest BCUT2D eigenvalue weighted by Gasteiger charge is -2.39. The van der Waals surface area contributed by atoms with Crippen LogP contribution in [-0.2, 0) is 11.2 Å². The Labute approximate surface area is 165 Å². The minimum absolute atomic E-state index is 0.122. The minimum Gasteiger partial charge on any atom is -0.381 e. The lowest BCUT2D eigenvalue weighted by atomic mass is 9.79. The van der Waals surface area contributed by atoms with E-state index in [2.05, 4.69) is 29.2 Å². The second kappa shape index (κ2) is 8.44. The fourth-order valence-electron chi connectivity index (χ4n) is 4.10. The Morgan fingerprint density at radius 2 is 2.07 bits per heavy atom. The van der Waals surface area contributed by atoms with Crippen LogP contribution >= 0.6 is 11.8 Å². The molecule has 2 aromatic rings. The molecule has 27 heavy (non-hydrogen) atoms. The van der Waals surface area contributed by atoms with Crippen molar-refractivity contribution in [3.63, 3.8) is 0 Å². The van der Waals surface area contributed by atoms with Gasteiger partial charge in [-0.1, -0.05) is 30.3 Å². The number of thioether (sulfide) groups is 1. The van der Waals surface area contributed by atoms with Gasteiger partial charge in [-0.3, -0.25) is 4.79 Å². The van der Waals surface area contributed by atoms with Crippen LogP contribution in [0.15, 0.2) is 53.7 Å². The topological polar surface area (TPSA) is 42.4 Å². The van der Waals surface area contributed by atoms with E-state index >= 15 is 0 Å². The Morgan fingerprint density at radius 1 is 1.19 bits per heavy atom. The molecule has 0 N–H and O–H groups in total. The maximum absolute atomic E-state index is 13.2. The molecule has 5 heteroatoms. The van der Waals surface area contributed by atoms with Gasteiger partial charge < -0.3 is 9.64 Å². The van der Waals surface area contributed by atoms with Crippen LogP contribution in [0.3, 0.4) is 0 Å². The van der Waals surface area contributed by atoms with Crippen molar-refractivity contribution in [1.29, 1.82) is 0 Å². The SMILES string of the molecule is O=C(c1cccnc1SCCc1ccccc1)N1CCC[C@]2(CCOC2)C1. The molecule has 0 saturated carbocycles. The number of hydrogen-bond donors (Lipinski definition) is 0. The van der Waals surface area contributed by atoms with Crippen molar-refractivity contribution in [1.82, 2.24) is 9.88 Å². The zero-order valence-electron chi connectivity index (χ0n) is 15.6. The Hall–Kier alpha value is -1.85. The smallest absolute Gasteiger partial charge is 0.256 e. The summed E-state index contributed by atoms with van der Waals surface area (Å²) in [6.07, 6.45) is 6.06. The van der Waals surface area contributed by atoms with Crippen LogP contribution < -0.4 is 0 Å². The number of ether oxygens (including phenoxy) is 1. The number of benzene rings is 1. The van der Waals surface area contributed by atoms with Crippen LogP contribution in [0.2, 0.25) is 0 Å². The molecule has 2 aliphatic heterocycles. The van der Waals surface area contributed by atoms with Crippen molar-refractivity contribution >= 4 is 17.7 Å². The van der Waals surface area contributed by atoms with Gasteiger partial charge in [0.1, 0.15) is 5.03 Å². The Kier molecular flexibility index (Phi) is 5.79. The van der Waals surface area contributed by atoms with E-state index in [-0.39, 0.29) is 11.3 Å². The summed E-state index contributed by atoms with van der Waals surface area (Å²) < 4.78 is 5.64. The number of piperidine rings is 1. The highest BCUT2D eigenvalue weighted by molar-refractivity contribution is 7.99. The highest BCUT2D eigenvalue weighted by atomic mass is 32.2. The summed E-state index contributed by atoms with van der Waals surface area (Å²) in [5, 5.41) is 0.848. The number of aryl methyl sites for hydroxylation is 1. The fourth-order valence-corrected chi connectivity index (χ4v) is 5.08. The number of carbonyl (C=O) groups is 1. The van der Waals surface area contributed by atoms with E-state index in [1.165, 1.54) is 12.0 Å². The summed E-state index contributed by atoms with van der Waals surface area (Å²) >= 11 is 1.67. The van der Waals surface area contributed by atoms with Crippen LogP contribution in [0.4, 0.5) is 0 Å². The van der Waals surface area contributed by atoms with Gasteiger partial charge in [-0.2, -0.15) is 0 Å². The van der Waals surface area contributed by atoms with Crippen molar-refractivity contribution in [2.75, 3.05) is 32.1 Å². The van der Waals surface area contributed by atoms with E-state index in [9.17, 15) is 4.79 Å².